The second-order valence-electron chi connectivity index (χ2n) is 3.14. The van der Waals surface area contributed by atoms with Crippen molar-refractivity contribution in [1.82, 2.24) is 4.98 Å². The number of nitrogens with two attached hydrogens (primary N) is 1. The Morgan fingerprint density at radius 1 is 1.73 bits per heavy atom. The first-order valence-electron chi connectivity index (χ1n) is 4.70. The lowest BCUT2D eigenvalue weighted by Crippen LogP contribution is -2.03. The number of allylic oxidation sites excluding steroid dienone is 1. The van der Waals surface area contributed by atoms with Gasteiger partial charge in [0.15, 0.2) is 5.69 Å². The maximum atomic E-state index is 8.87. The van der Waals surface area contributed by atoms with Gasteiger partial charge in [0.25, 0.3) is 0 Å². The van der Waals surface area contributed by atoms with Gasteiger partial charge in [0.1, 0.15) is 6.07 Å². The second kappa shape index (κ2) is 4.47. The number of pyridine rings is 1. The third-order valence-corrected chi connectivity index (χ3v) is 2.22. The molecule has 0 unspecified atom stereocenters. The number of anilines is 2. The van der Waals surface area contributed by atoms with E-state index in [-0.39, 0.29) is 5.69 Å². The monoisotopic (exact) mass is 202 g/mol. The molecule has 78 valence electrons. The number of nitrogens with zero attached hydrogens (tertiary/aromatic N) is 2. The van der Waals surface area contributed by atoms with Crippen molar-refractivity contribution in [3.05, 3.63) is 24.0 Å². The highest BCUT2D eigenvalue weighted by molar-refractivity contribution is 5.75. The summed E-state index contributed by atoms with van der Waals surface area (Å²) in [6.45, 7) is 5.87. The largest absolute Gasteiger partial charge is 0.395 e. The van der Waals surface area contributed by atoms with Gasteiger partial charge in [-0.2, -0.15) is 5.26 Å². The van der Waals surface area contributed by atoms with Crippen molar-refractivity contribution in [2.75, 3.05) is 18.1 Å². The van der Waals surface area contributed by atoms with Gasteiger partial charge in [0.2, 0.25) is 0 Å². The fraction of sp³-hybridized carbons (Fsp3) is 0.273. The average Bonchev–Trinajstić information content (AvgIpc) is 2.28. The van der Waals surface area contributed by atoms with Gasteiger partial charge in [-0.05, 0) is 18.1 Å². The van der Waals surface area contributed by atoms with Crippen molar-refractivity contribution in [2.45, 2.75) is 13.3 Å². The molecule has 0 saturated heterocycles. The van der Waals surface area contributed by atoms with Crippen molar-refractivity contribution in [3.8, 4) is 6.07 Å². The van der Waals surface area contributed by atoms with Crippen molar-refractivity contribution < 1.29 is 0 Å². The SMILES string of the molecule is C=C(CC)c1cc(NC)c(N)c(C#N)n1. The van der Waals surface area contributed by atoms with Gasteiger partial charge in [-0.3, -0.25) is 0 Å². The van der Waals surface area contributed by atoms with E-state index in [9.17, 15) is 0 Å². The lowest BCUT2D eigenvalue weighted by atomic mass is 10.1. The van der Waals surface area contributed by atoms with Gasteiger partial charge < -0.3 is 11.1 Å². The molecule has 0 aromatic carbocycles. The van der Waals surface area contributed by atoms with Crippen LogP contribution in [0.4, 0.5) is 11.4 Å². The Labute approximate surface area is 89.4 Å². The van der Waals surface area contributed by atoms with E-state index in [0.29, 0.717) is 17.1 Å². The number of hydrogen-bond donors (Lipinski definition) is 2. The van der Waals surface area contributed by atoms with Crippen LogP contribution in [0, 0.1) is 11.3 Å². The molecule has 0 spiro atoms. The molecule has 0 bridgehead atoms. The van der Waals surface area contributed by atoms with Gasteiger partial charge in [-0.15, -0.1) is 0 Å². The Hall–Kier alpha value is -2.02. The molecule has 0 radical (unpaired) electrons. The molecule has 1 aromatic heterocycles. The van der Waals surface area contributed by atoms with E-state index >= 15 is 0 Å². The van der Waals surface area contributed by atoms with E-state index in [4.69, 9.17) is 11.0 Å². The van der Waals surface area contributed by atoms with E-state index in [0.717, 1.165) is 12.0 Å². The predicted octanol–water partition coefficient (Wildman–Crippen LogP) is 2.00. The van der Waals surface area contributed by atoms with Crippen LogP contribution in [0.25, 0.3) is 5.57 Å². The van der Waals surface area contributed by atoms with Crippen LogP contribution < -0.4 is 11.1 Å². The van der Waals surface area contributed by atoms with Crippen LogP contribution >= 0.6 is 0 Å². The van der Waals surface area contributed by atoms with E-state index < -0.39 is 0 Å². The minimum Gasteiger partial charge on any atom is -0.395 e. The fourth-order valence-corrected chi connectivity index (χ4v) is 1.21. The molecule has 1 aromatic rings. The van der Waals surface area contributed by atoms with Crippen molar-refractivity contribution in [1.29, 1.82) is 5.26 Å². The van der Waals surface area contributed by atoms with Gasteiger partial charge >= 0.3 is 0 Å². The third-order valence-electron chi connectivity index (χ3n) is 2.22. The standard InChI is InChI=1S/C11H14N4/c1-4-7(2)8-5-9(14-3)11(13)10(6-12)15-8/h5H,2,4,13H2,1,3H3,(H,14,15). The predicted molar refractivity (Wildman–Crippen MR) is 62.2 cm³/mol. The summed E-state index contributed by atoms with van der Waals surface area (Å²) in [5.41, 5.74) is 8.68. The minimum atomic E-state index is 0.242. The maximum Gasteiger partial charge on any atom is 0.166 e. The smallest absolute Gasteiger partial charge is 0.166 e. The zero-order valence-corrected chi connectivity index (χ0v) is 8.96. The molecular weight excluding hydrogens is 188 g/mol. The molecular formula is C11H14N4. The van der Waals surface area contributed by atoms with Crippen LogP contribution in [0.3, 0.4) is 0 Å². The summed E-state index contributed by atoms with van der Waals surface area (Å²) in [6.07, 6.45) is 0.797. The molecule has 0 aliphatic heterocycles. The quantitative estimate of drug-likeness (QED) is 0.786. The van der Waals surface area contributed by atoms with Crippen LogP contribution in [0.1, 0.15) is 24.7 Å². The summed E-state index contributed by atoms with van der Waals surface area (Å²) < 4.78 is 0. The Morgan fingerprint density at radius 2 is 2.40 bits per heavy atom. The molecule has 0 aliphatic carbocycles. The van der Waals surface area contributed by atoms with Crippen molar-refractivity contribution >= 4 is 16.9 Å². The number of nitrogens with one attached hydrogen (secondary N) is 1. The third kappa shape index (κ3) is 2.08. The second-order valence-corrected chi connectivity index (χ2v) is 3.14. The van der Waals surface area contributed by atoms with Crippen LogP contribution in [-0.4, -0.2) is 12.0 Å². The first-order chi connectivity index (χ1) is 7.13. The van der Waals surface area contributed by atoms with Crippen LogP contribution in [-0.2, 0) is 0 Å². The van der Waals surface area contributed by atoms with E-state index in [1.165, 1.54) is 0 Å². The molecule has 0 saturated carbocycles. The number of aromatic nitrogens is 1. The normalized spacial score (nSPS) is 9.40. The van der Waals surface area contributed by atoms with Gasteiger partial charge in [0.05, 0.1) is 17.1 Å². The van der Waals surface area contributed by atoms with E-state index in [1.54, 1.807) is 7.05 Å². The number of nitrogen functional groups attached to an aromatic ring is 1. The van der Waals surface area contributed by atoms with Gasteiger partial charge in [-0.1, -0.05) is 13.5 Å². The Bertz CT molecular complexity index is 429. The van der Waals surface area contributed by atoms with Crippen molar-refractivity contribution in [3.63, 3.8) is 0 Å². The van der Waals surface area contributed by atoms with Crippen LogP contribution in [0.15, 0.2) is 12.6 Å². The fourth-order valence-electron chi connectivity index (χ4n) is 1.21. The summed E-state index contributed by atoms with van der Waals surface area (Å²) in [5, 5.41) is 11.8. The zero-order chi connectivity index (χ0) is 11.4. The summed E-state index contributed by atoms with van der Waals surface area (Å²) in [4.78, 5) is 4.14. The van der Waals surface area contributed by atoms with Crippen molar-refractivity contribution in [2.24, 2.45) is 0 Å². The highest BCUT2D eigenvalue weighted by Gasteiger charge is 2.09. The summed E-state index contributed by atoms with van der Waals surface area (Å²) >= 11 is 0. The molecule has 4 nitrogen and oxygen atoms in total. The van der Waals surface area contributed by atoms with E-state index in [2.05, 4.69) is 16.9 Å². The maximum absolute atomic E-state index is 8.87. The average molecular weight is 202 g/mol. The van der Waals surface area contributed by atoms with Crippen LogP contribution in [0.5, 0.6) is 0 Å². The molecule has 0 aliphatic rings. The molecule has 0 atom stereocenters. The van der Waals surface area contributed by atoms with Gasteiger partial charge in [-0.25, -0.2) is 4.98 Å². The van der Waals surface area contributed by atoms with Gasteiger partial charge in [0, 0.05) is 7.05 Å². The van der Waals surface area contributed by atoms with Crippen LogP contribution in [0.2, 0.25) is 0 Å². The molecule has 15 heavy (non-hydrogen) atoms. The first kappa shape index (κ1) is 11.1. The summed E-state index contributed by atoms with van der Waals surface area (Å²) in [5.74, 6) is 0. The molecule has 1 heterocycles. The highest BCUT2D eigenvalue weighted by Crippen LogP contribution is 2.25. The Balaban J connectivity index is 3.34. The molecule has 0 amide bonds. The lowest BCUT2D eigenvalue weighted by Gasteiger charge is -2.09. The Morgan fingerprint density at radius 3 is 2.87 bits per heavy atom. The number of hydrogen-bond acceptors (Lipinski definition) is 4. The molecule has 1 rings (SSSR count). The summed E-state index contributed by atoms with van der Waals surface area (Å²) in [7, 11) is 1.76. The minimum absolute atomic E-state index is 0.242. The Kier molecular flexibility index (Phi) is 3.29. The summed E-state index contributed by atoms with van der Waals surface area (Å²) in [6, 6.07) is 3.78. The molecule has 4 heteroatoms. The number of rotatable bonds is 3. The molecule has 0 fully saturated rings. The first-order valence-corrected chi connectivity index (χ1v) is 4.70. The topological polar surface area (TPSA) is 74.7 Å². The zero-order valence-electron chi connectivity index (χ0n) is 8.96. The highest BCUT2D eigenvalue weighted by atomic mass is 14.9. The van der Waals surface area contributed by atoms with E-state index in [1.807, 2.05) is 19.1 Å². The lowest BCUT2D eigenvalue weighted by molar-refractivity contribution is 1.16. The molecule has 3 N–H and O–H groups in total. The number of nitriles is 1.